The van der Waals surface area contributed by atoms with Gasteiger partial charge in [0, 0.05) is 18.7 Å². The molecule has 0 bridgehead atoms. The second kappa shape index (κ2) is 9.61. The summed E-state index contributed by atoms with van der Waals surface area (Å²) in [7, 11) is 0. The van der Waals surface area contributed by atoms with Crippen LogP contribution in [0.15, 0.2) is 36.4 Å². The number of rotatable bonds is 9. The van der Waals surface area contributed by atoms with Crippen LogP contribution in [0.25, 0.3) is 0 Å². The van der Waals surface area contributed by atoms with E-state index >= 15 is 0 Å². The van der Waals surface area contributed by atoms with Crippen LogP contribution in [0, 0.1) is 5.82 Å². The van der Waals surface area contributed by atoms with Gasteiger partial charge in [-0.1, -0.05) is 29.8 Å². The minimum atomic E-state index is -0.426. The minimum Gasteiger partial charge on any atom is -0.490 e. The number of hydrogen-bond donors (Lipinski definition) is 2. The maximum Gasteiger partial charge on any atom is 0.180 e. The van der Waals surface area contributed by atoms with Crippen molar-refractivity contribution in [2.45, 2.75) is 33.1 Å². The number of ether oxygens (including phenoxy) is 2. The molecule has 0 spiro atoms. The van der Waals surface area contributed by atoms with Gasteiger partial charge in [0.25, 0.3) is 0 Å². The summed E-state index contributed by atoms with van der Waals surface area (Å²) >= 11 is 6.34. The van der Waals surface area contributed by atoms with Crippen molar-refractivity contribution < 1.29 is 19.0 Å². The first-order valence-corrected chi connectivity index (χ1v) is 8.59. The van der Waals surface area contributed by atoms with Crippen LogP contribution < -0.4 is 14.8 Å². The first-order valence-electron chi connectivity index (χ1n) is 8.21. The molecule has 136 valence electrons. The molecule has 0 aliphatic carbocycles. The van der Waals surface area contributed by atoms with E-state index in [1.54, 1.807) is 31.2 Å². The molecule has 2 aromatic rings. The highest BCUT2D eigenvalue weighted by molar-refractivity contribution is 6.32. The monoisotopic (exact) mass is 367 g/mol. The lowest BCUT2D eigenvalue weighted by Crippen LogP contribution is -2.23. The summed E-state index contributed by atoms with van der Waals surface area (Å²) in [5.74, 6) is 0.585. The van der Waals surface area contributed by atoms with Crippen molar-refractivity contribution in [1.82, 2.24) is 5.32 Å². The van der Waals surface area contributed by atoms with Gasteiger partial charge in [-0.3, -0.25) is 0 Å². The number of halogens is 2. The SMILES string of the molecule is CCOc1cc(CNC[C@H](C)O)cc(Cl)c1OCc1ccccc1F. The van der Waals surface area contributed by atoms with Gasteiger partial charge in [-0.25, -0.2) is 4.39 Å². The van der Waals surface area contributed by atoms with E-state index in [0.717, 1.165) is 5.56 Å². The van der Waals surface area contributed by atoms with Crippen LogP contribution in [0.4, 0.5) is 4.39 Å². The number of aliphatic hydroxyl groups excluding tert-OH is 1. The van der Waals surface area contributed by atoms with Crippen LogP contribution >= 0.6 is 11.6 Å². The maximum absolute atomic E-state index is 13.7. The van der Waals surface area contributed by atoms with E-state index in [4.69, 9.17) is 21.1 Å². The predicted octanol–water partition coefficient (Wildman–Crippen LogP) is 3.93. The Morgan fingerprint density at radius 1 is 1.24 bits per heavy atom. The fourth-order valence-electron chi connectivity index (χ4n) is 2.32. The maximum atomic E-state index is 13.7. The fourth-order valence-corrected chi connectivity index (χ4v) is 2.61. The van der Waals surface area contributed by atoms with Crippen LogP contribution in [0.3, 0.4) is 0 Å². The summed E-state index contributed by atoms with van der Waals surface area (Å²) in [6, 6.07) is 10.0. The molecule has 6 heteroatoms. The molecule has 0 aromatic heterocycles. The average Bonchev–Trinajstić information content (AvgIpc) is 2.55. The van der Waals surface area contributed by atoms with Crippen molar-refractivity contribution in [3.63, 3.8) is 0 Å². The van der Waals surface area contributed by atoms with Crippen LogP contribution in [0.1, 0.15) is 25.0 Å². The molecule has 1 atom stereocenters. The molecule has 0 aliphatic rings. The molecule has 2 aromatic carbocycles. The molecule has 2 N–H and O–H groups in total. The van der Waals surface area contributed by atoms with Crippen molar-refractivity contribution in [3.05, 3.63) is 58.4 Å². The van der Waals surface area contributed by atoms with Gasteiger partial charge in [0.15, 0.2) is 11.5 Å². The van der Waals surface area contributed by atoms with E-state index in [1.165, 1.54) is 6.07 Å². The van der Waals surface area contributed by atoms with Gasteiger partial charge in [0.1, 0.15) is 12.4 Å². The Morgan fingerprint density at radius 2 is 2.00 bits per heavy atom. The largest absolute Gasteiger partial charge is 0.490 e. The van der Waals surface area contributed by atoms with Gasteiger partial charge in [-0.15, -0.1) is 0 Å². The highest BCUT2D eigenvalue weighted by Gasteiger charge is 2.14. The Balaban J connectivity index is 2.14. The predicted molar refractivity (Wildman–Crippen MR) is 96.7 cm³/mol. The number of aliphatic hydroxyl groups is 1. The third-order valence-corrected chi connectivity index (χ3v) is 3.75. The second-order valence-electron chi connectivity index (χ2n) is 5.70. The Hall–Kier alpha value is -1.82. The van der Waals surface area contributed by atoms with E-state index in [0.29, 0.717) is 41.8 Å². The van der Waals surface area contributed by atoms with E-state index in [1.807, 2.05) is 13.0 Å². The highest BCUT2D eigenvalue weighted by Crippen LogP contribution is 2.37. The molecule has 4 nitrogen and oxygen atoms in total. The van der Waals surface area contributed by atoms with Gasteiger partial charge in [-0.05, 0) is 37.6 Å². The smallest absolute Gasteiger partial charge is 0.180 e. The zero-order chi connectivity index (χ0) is 18.2. The van der Waals surface area contributed by atoms with Crippen LogP contribution in [-0.4, -0.2) is 24.4 Å². The fraction of sp³-hybridized carbons (Fsp3) is 0.368. The van der Waals surface area contributed by atoms with Gasteiger partial charge in [0.2, 0.25) is 0 Å². The Labute approximate surface area is 152 Å². The van der Waals surface area contributed by atoms with Crippen LogP contribution in [0.2, 0.25) is 5.02 Å². The molecule has 0 aliphatic heterocycles. The van der Waals surface area contributed by atoms with Crippen LogP contribution in [-0.2, 0) is 13.2 Å². The normalized spacial score (nSPS) is 12.0. The summed E-state index contributed by atoms with van der Waals surface area (Å²) in [5, 5.41) is 12.8. The lowest BCUT2D eigenvalue weighted by molar-refractivity contribution is 0.191. The molecule has 2 rings (SSSR count). The third kappa shape index (κ3) is 5.88. The lowest BCUT2D eigenvalue weighted by Gasteiger charge is -2.16. The van der Waals surface area contributed by atoms with Gasteiger partial charge in [-0.2, -0.15) is 0 Å². The zero-order valence-electron chi connectivity index (χ0n) is 14.4. The molecule has 0 unspecified atom stereocenters. The lowest BCUT2D eigenvalue weighted by atomic mass is 10.2. The Bertz CT molecular complexity index is 694. The van der Waals surface area contributed by atoms with Gasteiger partial charge in [0.05, 0.1) is 17.7 Å². The van der Waals surface area contributed by atoms with E-state index in [-0.39, 0.29) is 12.4 Å². The van der Waals surface area contributed by atoms with Gasteiger partial charge < -0.3 is 19.9 Å². The molecule has 25 heavy (non-hydrogen) atoms. The zero-order valence-corrected chi connectivity index (χ0v) is 15.1. The summed E-state index contributed by atoms with van der Waals surface area (Å²) in [6.07, 6.45) is -0.426. The first kappa shape index (κ1) is 19.5. The van der Waals surface area contributed by atoms with Gasteiger partial charge >= 0.3 is 0 Å². The van der Waals surface area contributed by atoms with E-state index in [2.05, 4.69) is 5.32 Å². The van der Waals surface area contributed by atoms with Crippen molar-refractivity contribution in [3.8, 4) is 11.5 Å². The summed E-state index contributed by atoms with van der Waals surface area (Å²) < 4.78 is 25.1. The summed E-state index contributed by atoms with van der Waals surface area (Å²) in [5.41, 5.74) is 1.36. The minimum absolute atomic E-state index is 0.0616. The number of hydrogen-bond acceptors (Lipinski definition) is 4. The number of nitrogens with one attached hydrogen (secondary N) is 1. The highest BCUT2D eigenvalue weighted by atomic mass is 35.5. The van der Waals surface area contributed by atoms with E-state index in [9.17, 15) is 9.50 Å². The molecule has 0 radical (unpaired) electrons. The average molecular weight is 368 g/mol. The third-order valence-electron chi connectivity index (χ3n) is 3.47. The molecular weight excluding hydrogens is 345 g/mol. The van der Waals surface area contributed by atoms with Crippen LogP contribution in [0.5, 0.6) is 11.5 Å². The Kier molecular flexibility index (Phi) is 7.50. The summed E-state index contributed by atoms with van der Waals surface area (Å²) in [4.78, 5) is 0. The molecule has 0 heterocycles. The van der Waals surface area contributed by atoms with E-state index < -0.39 is 6.10 Å². The topological polar surface area (TPSA) is 50.7 Å². The Morgan fingerprint density at radius 3 is 2.68 bits per heavy atom. The standard InChI is InChI=1S/C19H23ClFNO3/c1-3-24-18-9-14(11-22-10-13(2)23)8-16(20)19(18)25-12-15-6-4-5-7-17(15)21/h4-9,13,22-23H,3,10-12H2,1-2H3/t13-/m0/s1. The van der Waals surface area contributed by atoms with Crippen molar-refractivity contribution >= 4 is 11.6 Å². The first-order chi connectivity index (χ1) is 12.0. The second-order valence-corrected chi connectivity index (χ2v) is 6.11. The number of benzene rings is 2. The molecule has 0 saturated heterocycles. The molecule has 0 fully saturated rings. The van der Waals surface area contributed by atoms with Crippen molar-refractivity contribution in [1.29, 1.82) is 0 Å². The van der Waals surface area contributed by atoms with Crippen molar-refractivity contribution in [2.75, 3.05) is 13.2 Å². The quantitative estimate of drug-likeness (QED) is 0.705. The van der Waals surface area contributed by atoms with Crippen molar-refractivity contribution in [2.24, 2.45) is 0 Å². The summed E-state index contributed by atoms with van der Waals surface area (Å²) in [6.45, 7) is 5.12. The molecule has 0 saturated carbocycles. The molecule has 0 amide bonds. The molecular formula is C19H23ClFNO3.